The van der Waals surface area contributed by atoms with E-state index in [0.717, 1.165) is 12.1 Å². The molecule has 102 valence electrons. The molecule has 7 heteroatoms. The van der Waals surface area contributed by atoms with E-state index in [-0.39, 0.29) is 22.6 Å². The van der Waals surface area contributed by atoms with Gasteiger partial charge in [-0.3, -0.25) is 4.79 Å². The molecule has 0 aliphatic rings. The molecule has 0 aliphatic carbocycles. The van der Waals surface area contributed by atoms with Crippen LogP contribution in [0.15, 0.2) is 36.5 Å². The van der Waals surface area contributed by atoms with Crippen molar-refractivity contribution in [2.75, 3.05) is 5.32 Å². The lowest BCUT2D eigenvalue weighted by Crippen LogP contribution is -2.15. The van der Waals surface area contributed by atoms with Crippen molar-refractivity contribution < 1.29 is 24.2 Å². The zero-order valence-electron chi connectivity index (χ0n) is 10.0. The molecule has 2 rings (SSSR count). The fourth-order valence-electron chi connectivity index (χ4n) is 1.51. The molecule has 1 aromatic heterocycles. The Morgan fingerprint density at radius 3 is 2.65 bits per heavy atom. The highest BCUT2D eigenvalue weighted by Crippen LogP contribution is 2.25. The van der Waals surface area contributed by atoms with Crippen LogP contribution in [-0.4, -0.2) is 27.1 Å². The molecule has 0 atom stereocenters. The van der Waals surface area contributed by atoms with Crippen LogP contribution in [0.1, 0.15) is 20.7 Å². The molecule has 0 saturated heterocycles. The smallest absolute Gasteiger partial charge is 0.335 e. The maximum Gasteiger partial charge on any atom is 0.335 e. The Bertz CT molecular complexity index is 688. The topological polar surface area (TPSA) is 99.5 Å². The lowest BCUT2D eigenvalue weighted by molar-refractivity contribution is 0.0696. The largest absolute Gasteiger partial charge is 0.506 e. The van der Waals surface area contributed by atoms with Crippen LogP contribution < -0.4 is 5.32 Å². The van der Waals surface area contributed by atoms with E-state index in [4.69, 9.17) is 5.11 Å². The zero-order chi connectivity index (χ0) is 14.7. The summed E-state index contributed by atoms with van der Waals surface area (Å²) in [6, 6.07) is 5.97. The molecule has 1 heterocycles. The van der Waals surface area contributed by atoms with Crippen LogP contribution >= 0.6 is 0 Å². The first-order valence-electron chi connectivity index (χ1n) is 5.47. The second-order valence-corrected chi connectivity index (χ2v) is 3.83. The summed E-state index contributed by atoms with van der Waals surface area (Å²) in [5.41, 5.74) is -0.560. The number of amides is 1. The van der Waals surface area contributed by atoms with Crippen LogP contribution in [-0.2, 0) is 0 Å². The van der Waals surface area contributed by atoms with E-state index >= 15 is 0 Å². The molecule has 0 spiro atoms. The highest BCUT2D eigenvalue weighted by atomic mass is 19.1. The molecule has 3 N–H and O–H groups in total. The average molecular weight is 276 g/mol. The number of carbonyl (C=O) groups is 2. The molecule has 6 nitrogen and oxygen atoms in total. The highest BCUT2D eigenvalue weighted by molar-refractivity contribution is 6.05. The molecule has 0 unspecified atom stereocenters. The van der Waals surface area contributed by atoms with Crippen LogP contribution in [0.2, 0.25) is 0 Å². The van der Waals surface area contributed by atoms with E-state index in [1.165, 1.54) is 24.4 Å². The average Bonchev–Trinajstić information content (AvgIpc) is 2.41. The Morgan fingerprint density at radius 2 is 2.00 bits per heavy atom. The van der Waals surface area contributed by atoms with Gasteiger partial charge in [-0.1, -0.05) is 0 Å². The van der Waals surface area contributed by atoms with Crippen molar-refractivity contribution in [2.45, 2.75) is 0 Å². The molecule has 0 radical (unpaired) electrons. The molecule has 1 amide bonds. The van der Waals surface area contributed by atoms with Crippen LogP contribution in [0.25, 0.3) is 0 Å². The number of anilines is 1. The number of nitrogens with one attached hydrogen (secondary N) is 1. The number of aromatic nitrogens is 1. The third kappa shape index (κ3) is 2.72. The number of hydrogen-bond donors (Lipinski definition) is 3. The van der Waals surface area contributed by atoms with Gasteiger partial charge in [0, 0.05) is 6.20 Å². The maximum atomic E-state index is 13.3. The number of carboxylic acids is 1. The number of phenols is 1. The van der Waals surface area contributed by atoms with Crippen molar-refractivity contribution >= 4 is 17.6 Å². The molecular weight excluding hydrogens is 267 g/mol. The predicted molar refractivity (Wildman–Crippen MR) is 67.2 cm³/mol. The fourth-order valence-corrected chi connectivity index (χ4v) is 1.51. The van der Waals surface area contributed by atoms with E-state index in [1.807, 2.05) is 0 Å². The lowest BCUT2D eigenvalue weighted by Gasteiger charge is -2.08. The van der Waals surface area contributed by atoms with Crippen molar-refractivity contribution in [3.8, 4) is 5.75 Å². The summed E-state index contributed by atoms with van der Waals surface area (Å²) in [6.07, 6.45) is 1.19. The Kier molecular flexibility index (Phi) is 3.60. The molecule has 0 aliphatic heterocycles. The predicted octanol–water partition coefficient (Wildman–Crippen LogP) is 1.88. The minimum absolute atomic E-state index is 0.121. The Hall–Kier alpha value is -2.96. The third-order valence-corrected chi connectivity index (χ3v) is 2.50. The van der Waals surface area contributed by atoms with Gasteiger partial charge in [-0.15, -0.1) is 0 Å². The first-order chi connectivity index (χ1) is 9.49. The third-order valence-electron chi connectivity index (χ3n) is 2.50. The Labute approximate surface area is 112 Å². The summed E-state index contributed by atoms with van der Waals surface area (Å²) in [5.74, 6) is -3.34. The SMILES string of the molecule is O=C(O)c1ccc(O)c(NC(=O)c2cccnc2F)c1. The number of halogens is 1. The Balaban J connectivity index is 2.30. The number of nitrogens with zero attached hydrogens (tertiary/aromatic N) is 1. The van der Waals surface area contributed by atoms with Crippen LogP contribution in [0.4, 0.5) is 10.1 Å². The summed E-state index contributed by atoms with van der Waals surface area (Å²) in [6.45, 7) is 0. The standard InChI is InChI=1S/C13H9FN2O4/c14-11-8(2-1-5-15-11)12(18)16-9-6-7(13(19)20)3-4-10(9)17/h1-6,17H,(H,16,18)(H,19,20). The van der Waals surface area contributed by atoms with Gasteiger partial charge in [0.05, 0.1) is 16.8 Å². The molecule has 0 saturated carbocycles. The number of phenolic OH excluding ortho intramolecular Hbond substituents is 1. The van der Waals surface area contributed by atoms with Crippen LogP contribution in [0, 0.1) is 5.95 Å². The van der Waals surface area contributed by atoms with Crippen LogP contribution in [0.3, 0.4) is 0 Å². The molecule has 0 fully saturated rings. The number of carboxylic acid groups (broad SMARTS) is 1. The summed E-state index contributed by atoms with van der Waals surface area (Å²) < 4.78 is 13.3. The first kappa shape index (κ1) is 13.5. The van der Waals surface area contributed by atoms with Gasteiger partial charge in [-0.25, -0.2) is 9.78 Å². The number of benzene rings is 1. The van der Waals surface area contributed by atoms with E-state index < -0.39 is 17.8 Å². The quantitative estimate of drug-likeness (QED) is 0.587. The van der Waals surface area contributed by atoms with E-state index in [2.05, 4.69) is 10.3 Å². The summed E-state index contributed by atoms with van der Waals surface area (Å²) in [4.78, 5) is 26.0. The van der Waals surface area contributed by atoms with Crippen LogP contribution in [0.5, 0.6) is 5.75 Å². The molecule has 20 heavy (non-hydrogen) atoms. The van der Waals surface area contributed by atoms with Gasteiger partial charge in [0.1, 0.15) is 5.75 Å². The number of aromatic carboxylic acids is 1. The summed E-state index contributed by atoms with van der Waals surface area (Å²) in [7, 11) is 0. The number of rotatable bonds is 3. The van der Waals surface area contributed by atoms with Gasteiger partial charge in [0.2, 0.25) is 5.95 Å². The Morgan fingerprint density at radius 1 is 1.25 bits per heavy atom. The van der Waals surface area contributed by atoms with Crippen molar-refractivity contribution in [2.24, 2.45) is 0 Å². The van der Waals surface area contributed by atoms with Crippen molar-refractivity contribution in [3.63, 3.8) is 0 Å². The van der Waals surface area contributed by atoms with Crippen molar-refractivity contribution in [1.29, 1.82) is 0 Å². The lowest BCUT2D eigenvalue weighted by atomic mass is 10.1. The monoisotopic (exact) mass is 276 g/mol. The van der Waals surface area contributed by atoms with Gasteiger partial charge in [-0.2, -0.15) is 4.39 Å². The minimum Gasteiger partial charge on any atom is -0.506 e. The maximum absolute atomic E-state index is 13.3. The molecular formula is C13H9FN2O4. The molecule has 2 aromatic rings. The van der Waals surface area contributed by atoms with Gasteiger partial charge >= 0.3 is 5.97 Å². The molecule has 1 aromatic carbocycles. The van der Waals surface area contributed by atoms with Gasteiger partial charge in [0.25, 0.3) is 5.91 Å². The van der Waals surface area contributed by atoms with Crippen molar-refractivity contribution in [3.05, 3.63) is 53.6 Å². The van der Waals surface area contributed by atoms with Gasteiger partial charge in [-0.05, 0) is 30.3 Å². The first-order valence-corrected chi connectivity index (χ1v) is 5.47. The van der Waals surface area contributed by atoms with E-state index in [1.54, 1.807) is 0 Å². The van der Waals surface area contributed by atoms with E-state index in [0.29, 0.717) is 0 Å². The highest BCUT2D eigenvalue weighted by Gasteiger charge is 2.15. The van der Waals surface area contributed by atoms with E-state index in [9.17, 15) is 19.1 Å². The van der Waals surface area contributed by atoms with Crippen molar-refractivity contribution in [1.82, 2.24) is 4.98 Å². The number of pyridine rings is 1. The van der Waals surface area contributed by atoms with Gasteiger partial charge < -0.3 is 15.5 Å². The second kappa shape index (κ2) is 5.35. The normalized spacial score (nSPS) is 10.1. The number of aromatic hydroxyl groups is 1. The van der Waals surface area contributed by atoms with Gasteiger partial charge in [0.15, 0.2) is 0 Å². The number of carbonyl (C=O) groups excluding carboxylic acids is 1. The summed E-state index contributed by atoms with van der Waals surface area (Å²) >= 11 is 0. The minimum atomic E-state index is -1.21. The zero-order valence-corrected chi connectivity index (χ0v) is 10.0. The molecule has 0 bridgehead atoms. The summed E-state index contributed by atoms with van der Waals surface area (Å²) in [5, 5.41) is 20.6. The number of hydrogen-bond acceptors (Lipinski definition) is 4. The second-order valence-electron chi connectivity index (χ2n) is 3.83. The fraction of sp³-hybridized carbons (Fsp3) is 0.